The fourth-order valence-electron chi connectivity index (χ4n) is 14.2. The molecule has 0 saturated heterocycles. The lowest BCUT2D eigenvalue weighted by Crippen LogP contribution is -2.00. The molecule has 456 valence electrons. The Hall–Kier alpha value is -12.9. The van der Waals surface area contributed by atoms with E-state index in [1.807, 2.05) is 145 Å². The summed E-state index contributed by atoms with van der Waals surface area (Å²) in [6, 6.07) is 115. The third-order valence-corrected chi connectivity index (χ3v) is 20.2. The number of para-hydroxylation sites is 1. The first-order valence-corrected chi connectivity index (χ1v) is 33.7. The van der Waals surface area contributed by atoms with E-state index in [1.165, 1.54) is 79.4 Å². The van der Waals surface area contributed by atoms with Gasteiger partial charge in [-0.25, -0.2) is 29.9 Å². The zero-order chi connectivity index (χ0) is 64.6. The van der Waals surface area contributed by atoms with Crippen molar-refractivity contribution >= 4 is 118 Å². The SMILES string of the molecule is c1ccc(-c2nc(-c3ccccc3)nc(-c3cccc(-c4ccc5c(ccc6ccc7c(ccc8c9ccccc9oc87)c65)c4)c3)n2)cc1.c1ccc(-c2nc(-c3ccccc3)nc(-c3cccc(-c4ccc5c(ccc6ccc7c(ccc8c9ccccc9sc87)c65)c4)c3)n2)cc1. The highest BCUT2D eigenvalue weighted by atomic mass is 32.1. The van der Waals surface area contributed by atoms with Crippen molar-refractivity contribution in [1.29, 1.82) is 0 Å². The number of rotatable bonds is 8. The highest BCUT2D eigenvalue weighted by molar-refractivity contribution is 7.26. The van der Waals surface area contributed by atoms with Crippen molar-refractivity contribution < 1.29 is 4.42 Å². The van der Waals surface area contributed by atoms with E-state index < -0.39 is 0 Å². The molecule has 16 aromatic carbocycles. The first kappa shape index (κ1) is 56.6. The molecular weight excluding hydrogens is 1210 g/mol. The number of aromatic nitrogens is 6. The molecule has 0 saturated carbocycles. The van der Waals surface area contributed by atoms with Crippen LogP contribution in [0.2, 0.25) is 0 Å². The van der Waals surface area contributed by atoms with E-state index in [4.69, 9.17) is 34.3 Å². The van der Waals surface area contributed by atoms with Crippen LogP contribution in [0.3, 0.4) is 0 Å². The molecular formula is C90H54N6OS. The van der Waals surface area contributed by atoms with Gasteiger partial charge in [0.25, 0.3) is 0 Å². The molecule has 0 atom stereocenters. The van der Waals surface area contributed by atoms with Crippen LogP contribution in [0.25, 0.3) is 197 Å². The van der Waals surface area contributed by atoms with Crippen LogP contribution < -0.4 is 0 Å². The Morgan fingerprint density at radius 1 is 0.204 bits per heavy atom. The van der Waals surface area contributed by atoms with Gasteiger partial charge in [-0.1, -0.05) is 279 Å². The molecule has 4 aromatic heterocycles. The molecule has 4 heterocycles. The minimum atomic E-state index is 0.643. The summed E-state index contributed by atoms with van der Waals surface area (Å²) in [6.07, 6.45) is 0. The van der Waals surface area contributed by atoms with E-state index in [2.05, 4.69) is 194 Å². The normalized spacial score (nSPS) is 11.7. The van der Waals surface area contributed by atoms with Crippen molar-refractivity contribution in [2.75, 3.05) is 0 Å². The van der Waals surface area contributed by atoms with Crippen molar-refractivity contribution in [3.8, 4) is 90.6 Å². The van der Waals surface area contributed by atoms with Crippen molar-refractivity contribution in [2.24, 2.45) is 0 Å². The first-order valence-electron chi connectivity index (χ1n) is 32.9. The molecule has 8 heteroatoms. The number of nitrogens with zero attached hydrogens (tertiary/aromatic N) is 6. The molecule has 0 amide bonds. The van der Waals surface area contributed by atoms with E-state index >= 15 is 0 Å². The maximum atomic E-state index is 6.40. The zero-order valence-corrected chi connectivity index (χ0v) is 53.5. The van der Waals surface area contributed by atoms with Crippen molar-refractivity contribution in [1.82, 2.24) is 29.9 Å². The Labute approximate surface area is 567 Å². The van der Waals surface area contributed by atoms with Crippen LogP contribution in [-0.2, 0) is 0 Å². The molecule has 0 fully saturated rings. The van der Waals surface area contributed by atoms with E-state index in [1.54, 1.807) is 0 Å². The monoisotopic (exact) mass is 1270 g/mol. The number of fused-ring (bicyclic) bond motifs is 18. The van der Waals surface area contributed by atoms with Crippen LogP contribution in [0.4, 0.5) is 0 Å². The Morgan fingerprint density at radius 3 is 1.04 bits per heavy atom. The van der Waals surface area contributed by atoms with Crippen LogP contribution in [-0.4, -0.2) is 29.9 Å². The Morgan fingerprint density at radius 2 is 0.531 bits per heavy atom. The highest BCUT2D eigenvalue weighted by Crippen LogP contribution is 2.44. The van der Waals surface area contributed by atoms with Gasteiger partial charge in [-0.2, -0.15) is 0 Å². The second-order valence-corrected chi connectivity index (χ2v) is 25.9. The molecule has 0 unspecified atom stereocenters. The van der Waals surface area contributed by atoms with Gasteiger partial charge in [0.1, 0.15) is 11.2 Å². The molecule has 0 aliphatic heterocycles. The maximum absolute atomic E-state index is 6.40. The summed E-state index contributed by atoms with van der Waals surface area (Å²) in [4.78, 5) is 29.6. The number of hydrogen-bond donors (Lipinski definition) is 0. The predicted molar refractivity (Wildman–Crippen MR) is 408 cm³/mol. The van der Waals surface area contributed by atoms with Crippen molar-refractivity contribution in [2.45, 2.75) is 0 Å². The third-order valence-electron chi connectivity index (χ3n) is 19.0. The molecule has 0 bridgehead atoms. The van der Waals surface area contributed by atoms with E-state index in [0.717, 1.165) is 83.0 Å². The van der Waals surface area contributed by atoms with Crippen molar-refractivity contribution in [3.63, 3.8) is 0 Å². The summed E-state index contributed by atoms with van der Waals surface area (Å²) in [5.74, 6) is 3.92. The summed E-state index contributed by atoms with van der Waals surface area (Å²) >= 11 is 1.89. The van der Waals surface area contributed by atoms with Gasteiger partial charge in [0.15, 0.2) is 34.9 Å². The second-order valence-electron chi connectivity index (χ2n) is 24.8. The summed E-state index contributed by atoms with van der Waals surface area (Å²) < 4.78 is 9.09. The lowest BCUT2D eigenvalue weighted by atomic mass is 9.93. The molecule has 0 radical (unpaired) electrons. The molecule has 0 aliphatic rings. The highest BCUT2D eigenvalue weighted by Gasteiger charge is 2.19. The van der Waals surface area contributed by atoms with E-state index in [-0.39, 0.29) is 0 Å². The molecule has 0 aliphatic carbocycles. The number of furan rings is 1. The molecule has 20 rings (SSSR count). The number of thiophene rings is 1. The summed E-state index contributed by atoms with van der Waals surface area (Å²) in [7, 11) is 0. The van der Waals surface area contributed by atoms with Gasteiger partial charge in [-0.05, 0) is 125 Å². The Balaban J connectivity index is 0.000000137. The first-order chi connectivity index (χ1) is 48.5. The topological polar surface area (TPSA) is 90.5 Å². The average molecular weight is 1270 g/mol. The second kappa shape index (κ2) is 23.5. The maximum Gasteiger partial charge on any atom is 0.164 e. The molecule has 0 spiro atoms. The molecule has 7 nitrogen and oxygen atoms in total. The third kappa shape index (κ3) is 9.97. The zero-order valence-electron chi connectivity index (χ0n) is 52.7. The van der Waals surface area contributed by atoms with Gasteiger partial charge in [0.05, 0.1) is 0 Å². The standard InChI is InChI=1S/C45H27N3O.C45H27N3S/c2*1-3-10-29(11-4-1)43-46-44(30-12-5-2-6-13-30)48-45(47-43)34-15-9-14-31(27-34)32-21-22-35-33(26-32)19-18-28-20-23-39-37(41(28)35)24-25-38-36-16-7-8-17-40(36)49-42(38)39/h2*1-27H. The number of hydrogen-bond acceptors (Lipinski definition) is 8. The van der Waals surface area contributed by atoms with Crippen molar-refractivity contribution in [3.05, 3.63) is 328 Å². The fraction of sp³-hybridized carbons (Fsp3) is 0. The van der Waals surface area contributed by atoms with Gasteiger partial charge in [0, 0.05) is 75.1 Å². The van der Waals surface area contributed by atoms with Gasteiger partial charge in [-0.3, -0.25) is 0 Å². The quantitative estimate of drug-likeness (QED) is 0.140. The van der Waals surface area contributed by atoms with Crippen LogP contribution in [0.1, 0.15) is 0 Å². The van der Waals surface area contributed by atoms with Gasteiger partial charge >= 0.3 is 0 Å². The van der Waals surface area contributed by atoms with E-state index in [0.29, 0.717) is 34.9 Å². The van der Waals surface area contributed by atoms with Crippen LogP contribution in [0.15, 0.2) is 332 Å². The molecule has 0 N–H and O–H groups in total. The average Bonchev–Trinajstić information content (AvgIpc) is 1.36. The summed E-state index contributed by atoms with van der Waals surface area (Å²) in [6.45, 7) is 0. The van der Waals surface area contributed by atoms with Gasteiger partial charge in [-0.15, -0.1) is 11.3 Å². The lowest BCUT2D eigenvalue weighted by molar-refractivity contribution is 0.672. The summed E-state index contributed by atoms with van der Waals surface area (Å²) in [5.41, 5.74) is 12.1. The minimum absolute atomic E-state index is 0.643. The van der Waals surface area contributed by atoms with Gasteiger partial charge < -0.3 is 4.42 Å². The number of benzene rings is 16. The van der Waals surface area contributed by atoms with Crippen LogP contribution in [0.5, 0.6) is 0 Å². The van der Waals surface area contributed by atoms with Crippen LogP contribution in [0, 0.1) is 0 Å². The minimum Gasteiger partial charge on any atom is -0.455 e. The lowest BCUT2D eigenvalue weighted by Gasteiger charge is -2.12. The van der Waals surface area contributed by atoms with E-state index in [9.17, 15) is 0 Å². The van der Waals surface area contributed by atoms with Crippen LogP contribution >= 0.6 is 11.3 Å². The summed E-state index contributed by atoms with van der Waals surface area (Å²) in [5, 5.41) is 19.8. The predicted octanol–water partition coefficient (Wildman–Crippen LogP) is 24.3. The fourth-order valence-corrected chi connectivity index (χ4v) is 15.4. The Bertz CT molecular complexity index is 6040. The molecule has 98 heavy (non-hydrogen) atoms. The largest absolute Gasteiger partial charge is 0.455 e. The van der Waals surface area contributed by atoms with Gasteiger partial charge in [0.2, 0.25) is 0 Å². The smallest absolute Gasteiger partial charge is 0.164 e. The molecule has 20 aromatic rings. The Kier molecular flexibility index (Phi) is 13.6.